The summed E-state index contributed by atoms with van der Waals surface area (Å²) in [7, 11) is 1.69. The van der Waals surface area contributed by atoms with Crippen LogP contribution in [0, 0.1) is 0 Å². The molecule has 1 aliphatic rings. The van der Waals surface area contributed by atoms with Gasteiger partial charge >= 0.3 is 0 Å². The van der Waals surface area contributed by atoms with Crippen molar-refractivity contribution >= 4 is 0 Å². The summed E-state index contributed by atoms with van der Waals surface area (Å²) < 4.78 is 5.14. The topological polar surface area (TPSA) is 21.3 Å². The number of methoxy groups -OCH3 is 1. The predicted molar refractivity (Wildman–Crippen MR) is 62.3 cm³/mol. The van der Waals surface area contributed by atoms with Crippen LogP contribution in [0.25, 0.3) is 0 Å². The first-order valence-corrected chi connectivity index (χ1v) is 5.35. The minimum atomic E-state index is 0.471. The van der Waals surface area contributed by atoms with Crippen molar-refractivity contribution in [3.05, 3.63) is 42.0 Å². The molecule has 2 rings (SSSR count). The standard InChI is InChI=1S/C13H17NO/c1-10(13-4-3-9-14-13)11-5-7-12(15-2)8-6-11/h3-8,10,13-14H,9H2,1-2H3/t10-,13-/m0/s1. The van der Waals surface area contributed by atoms with Crippen molar-refractivity contribution in [2.24, 2.45) is 0 Å². The lowest BCUT2D eigenvalue weighted by Crippen LogP contribution is -2.27. The first-order valence-electron chi connectivity index (χ1n) is 5.35. The van der Waals surface area contributed by atoms with Gasteiger partial charge in [0, 0.05) is 12.6 Å². The smallest absolute Gasteiger partial charge is 0.118 e. The van der Waals surface area contributed by atoms with E-state index in [0.717, 1.165) is 12.3 Å². The van der Waals surface area contributed by atoms with Crippen molar-refractivity contribution in [1.82, 2.24) is 5.32 Å². The lowest BCUT2D eigenvalue weighted by molar-refractivity contribution is 0.414. The van der Waals surface area contributed by atoms with Gasteiger partial charge in [-0.3, -0.25) is 0 Å². The largest absolute Gasteiger partial charge is 0.497 e. The van der Waals surface area contributed by atoms with Gasteiger partial charge in [-0.05, 0) is 23.6 Å². The van der Waals surface area contributed by atoms with Crippen LogP contribution in [-0.4, -0.2) is 19.7 Å². The molecule has 2 atom stereocenters. The SMILES string of the molecule is COc1ccc([C@H](C)[C@@H]2C=CCN2)cc1. The zero-order valence-corrected chi connectivity index (χ0v) is 9.23. The molecule has 2 nitrogen and oxygen atoms in total. The zero-order chi connectivity index (χ0) is 10.7. The van der Waals surface area contributed by atoms with E-state index in [0.29, 0.717) is 12.0 Å². The molecule has 15 heavy (non-hydrogen) atoms. The van der Waals surface area contributed by atoms with E-state index in [-0.39, 0.29) is 0 Å². The van der Waals surface area contributed by atoms with E-state index in [4.69, 9.17) is 4.74 Å². The normalized spacial score (nSPS) is 21.6. The van der Waals surface area contributed by atoms with E-state index in [1.807, 2.05) is 12.1 Å². The lowest BCUT2D eigenvalue weighted by atomic mass is 9.94. The van der Waals surface area contributed by atoms with Crippen LogP contribution in [0.15, 0.2) is 36.4 Å². The molecule has 0 saturated heterocycles. The molecule has 0 aromatic heterocycles. The van der Waals surface area contributed by atoms with Crippen molar-refractivity contribution in [2.45, 2.75) is 18.9 Å². The Balaban J connectivity index is 2.11. The molecular weight excluding hydrogens is 186 g/mol. The Labute approximate surface area is 91.0 Å². The Morgan fingerprint density at radius 3 is 2.60 bits per heavy atom. The zero-order valence-electron chi connectivity index (χ0n) is 9.23. The van der Waals surface area contributed by atoms with Gasteiger partial charge in [0.15, 0.2) is 0 Å². The molecule has 1 aromatic rings. The van der Waals surface area contributed by atoms with E-state index in [1.165, 1.54) is 5.56 Å². The molecule has 0 aliphatic carbocycles. The minimum Gasteiger partial charge on any atom is -0.497 e. The van der Waals surface area contributed by atoms with Gasteiger partial charge in [0.1, 0.15) is 5.75 Å². The number of rotatable bonds is 3. The van der Waals surface area contributed by atoms with Crippen LogP contribution < -0.4 is 10.1 Å². The Morgan fingerprint density at radius 1 is 1.33 bits per heavy atom. The van der Waals surface area contributed by atoms with Gasteiger partial charge in [-0.15, -0.1) is 0 Å². The summed E-state index contributed by atoms with van der Waals surface area (Å²) >= 11 is 0. The third kappa shape index (κ3) is 2.21. The Bertz CT molecular complexity index is 342. The number of hydrogen-bond acceptors (Lipinski definition) is 2. The summed E-state index contributed by atoms with van der Waals surface area (Å²) in [4.78, 5) is 0. The second kappa shape index (κ2) is 4.49. The highest BCUT2D eigenvalue weighted by molar-refractivity contribution is 5.31. The van der Waals surface area contributed by atoms with Crippen molar-refractivity contribution in [1.29, 1.82) is 0 Å². The molecule has 1 heterocycles. The fourth-order valence-corrected chi connectivity index (χ4v) is 1.95. The monoisotopic (exact) mass is 203 g/mol. The molecule has 0 amide bonds. The highest BCUT2D eigenvalue weighted by Crippen LogP contribution is 2.23. The van der Waals surface area contributed by atoms with Gasteiger partial charge in [-0.2, -0.15) is 0 Å². The molecule has 0 radical (unpaired) electrons. The van der Waals surface area contributed by atoms with Crippen molar-refractivity contribution in [2.75, 3.05) is 13.7 Å². The van der Waals surface area contributed by atoms with Crippen molar-refractivity contribution < 1.29 is 4.74 Å². The van der Waals surface area contributed by atoms with Gasteiger partial charge in [-0.25, -0.2) is 0 Å². The molecule has 2 heteroatoms. The van der Waals surface area contributed by atoms with Crippen molar-refractivity contribution in [3.63, 3.8) is 0 Å². The Kier molecular flexibility index (Phi) is 3.07. The fourth-order valence-electron chi connectivity index (χ4n) is 1.95. The van der Waals surface area contributed by atoms with Gasteiger partial charge < -0.3 is 10.1 Å². The molecule has 0 bridgehead atoms. The van der Waals surface area contributed by atoms with Crippen LogP contribution >= 0.6 is 0 Å². The van der Waals surface area contributed by atoms with Gasteiger partial charge in [0.05, 0.1) is 7.11 Å². The average molecular weight is 203 g/mol. The van der Waals surface area contributed by atoms with Crippen LogP contribution in [0.3, 0.4) is 0 Å². The molecule has 1 aromatic carbocycles. The first kappa shape index (κ1) is 10.2. The first-order chi connectivity index (χ1) is 7.31. The number of nitrogens with one attached hydrogen (secondary N) is 1. The van der Waals surface area contributed by atoms with E-state index in [2.05, 4.69) is 36.5 Å². The molecule has 1 aliphatic heterocycles. The minimum absolute atomic E-state index is 0.471. The summed E-state index contributed by atoms with van der Waals surface area (Å²) in [5, 5.41) is 3.44. The quantitative estimate of drug-likeness (QED) is 0.761. The number of ether oxygens (including phenoxy) is 1. The van der Waals surface area contributed by atoms with Crippen LogP contribution in [0.4, 0.5) is 0 Å². The number of benzene rings is 1. The fraction of sp³-hybridized carbons (Fsp3) is 0.385. The molecular formula is C13H17NO. The summed E-state index contributed by atoms with van der Waals surface area (Å²) in [5.74, 6) is 1.43. The maximum atomic E-state index is 5.14. The third-order valence-corrected chi connectivity index (χ3v) is 3.00. The lowest BCUT2D eigenvalue weighted by Gasteiger charge is -2.19. The Hall–Kier alpha value is -1.28. The van der Waals surface area contributed by atoms with Crippen LogP contribution in [0.2, 0.25) is 0 Å². The third-order valence-electron chi connectivity index (χ3n) is 3.00. The van der Waals surface area contributed by atoms with Gasteiger partial charge in [-0.1, -0.05) is 31.2 Å². The highest BCUT2D eigenvalue weighted by Gasteiger charge is 2.17. The van der Waals surface area contributed by atoms with E-state index in [9.17, 15) is 0 Å². The molecule has 0 unspecified atom stereocenters. The maximum Gasteiger partial charge on any atom is 0.118 e. The highest BCUT2D eigenvalue weighted by atomic mass is 16.5. The van der Waals surface area contributed by atoms with E-state index >= 15 is 0 Å². The summed E-state index contributed by atoms with van der Waals surface area (Å²) in [6, 6.07) is 8.78. The molecule has 0 spiro atoms. The van der Waals surface area contributed by atoms with E-state index < -0.39 is 0 Å². The van der Waals surface area contributed by atoms with E-state index in [1.54, 1.807) is 7.11 Å². The molecule has 0 fully saturated rings. The summed E-state index contributed by atoms with van der Waals surface area (Å²) in [6.45, 7) is 3.24. The molecule has 1 N–H and O–H groups in total. The van der Waals surface area contributed by atoms with Gasteiger partial charge in [0.25, 0.3) is 0 Å². The molecule has 80 valence electrons. The number of hydrogen-bond donors (Lipinski definition) is 1. The van der Waals surface area contributed by atoms with Crippen LogP contribution in [0.1, 0.15) is 18.4 Å². The summed E-state index contributed by atoms with van der Waals surface area (Å²) in [5.41, 5.74) is 1.35. The average Bonchev–Trinajstić information content (AvgIpc) is 2.82. The summed E-state index contributed by atoms with van der Waals surface area (Å²) in [6.07, 6.45) is 4.43. The second-order valence-electron chi connectivity index (χ2n) is 3.92. The van der Waals surface area contributed by atoms with Crippen LogP contribution in [0.5, 0.6) is 5.75 Å². The molecule has 0 saturated carbocycles. The van der Waals surface area contributed by atoms with Crippen LogP contribution in [-0.2, 0) is 0 Å². The van der Waals surface area contributed by atoms with Gasteiger partial charge in [0.2, 0.25) is 0 Å². The second-order valence-corrected chi connectivity index (χ2v) is 3.92. The Morgan fingerprint density at radius 2 is 2.07 bits per heavy atom. The predicted octanol–water partition coefficient (Wildman–Crippen LogP) is 2.33. The maximum absolute atomic E-state index is 5.14. The van der Waals surface area contributed by atoms with Crippen molar-refractivity contribution in [3.8, 4) is 5.75 Å².